The summed E-state index contributed by atoms with van der Waals surface area (Å²) in [4.78, 5) is 4.44. The summed E-state index contributed by atoms with van der Waals surface area (Å²) in [5.41, 5.74) is 2.03. The van der Waals surface area contributed by atoms with Crippen LogP contribution in [0.5, 0.6) is 0 Å². The highest BCUT2D eigenvalue weighted by molar-refractivity contribution is 7.92. The average Bonchev–Trinajstić information content (AvgIpc) is 3.40. The first-order chi connectivity index (χ1) is 15.6. The van der Waals surface area contributed by atoms with E-state index in [0.29, 0.717) is 17.0 Å². The molecule has 4 aromatic rings. The summed E-state index contributed by atoms with van der Waals surface area (Å²) < 4.78 is 37.8. The number of methoxy groups -OCH3 is 1. The first-order valence-electron chi connectivity index (χ1n) is 10.6. The van der Waals surface area contributed by atoms with Crippen molar-refractivity contribution >= 4 is 26.6 Å². The first-order valence-corrected chi connectivity index (χ1v) is 12.1. The number of rotatable bonds is 6. The molecule has 0 unspecified atom stereocenters. The highest BCUT2D eigenvalue weighted by atomic mass is 32.2. The maximum absolute atomic E-state index is 13.1. The Kier molecular flexibility index (Phi) is 4.84. The molecule has 0 amide bonds. The third-order valence-electron chi connectivity index (χ3n) is 6.30. The van der Waals surface area contributed by atoms with E-state index >= 15 is 0 Å². The molecule has 0 atom stereocenters. The zero-order valence-electron chi connectivity index (χ0n) is 19.0. The van der Waals surface area contributed by atoms with Gasteiger partial charge in [-0.15, -0.1) is 0 Å². The Balaban J connectivity index is 1.44. The molecule has 9 nitrogen and oxygen atoms in total. The summed E-state index contributed by atoms with van der Waals surface area (Å²) in [6.07, 6.45) is 7.98. The van der Waals surface area contributed by atoms with Crippen LogP contribution in [-0.2, 0) is 27.4 Å². The lowest BCUT2D eigenvalue weighted by molar-refractivity contribution is -0.145. The predicted octanol–water partition coefficient (Wildman–Crippen LogP) is 3.62. The molecule has 0 spiro atoms. The second-order valence-electron chi connectivity index (χ2n) is 9.36. The lowest BCUT2D eigenvalue weighted by Gasteiger charge is -2.52. The molecular weight excluding hydrogens is 440 g/mol. The molecule has 1 saturated carbocycles. The maximum Gasteiger partial charge on any atom is 0.265 e. The number of anilines is 1. The van der Waals surface area contributed by atoms with Crippen molar-refractivity contribution in [2.75, 3.05) is 11.8 Å². The van der Waals surface area contributed by atoms with E-state index in [9.17, 15) is 8.42 Å². The van der Waals surface area contributed by atoms with Gasteiger partial charge in [-0.3, -0.25) is 9.40 Å². The second kappa shape index (κ2) is 7.39. The van der Waals surface area contributed by atoms with Crippen molar-refractivity contribution in [2.24, 2.45) is 12.5 Å². The molecule has 0 bridgehead atoms. The summed E-state index contributed by atoms with van der Waals surface area (Å²) >= 11 is 0. The molecule has 1 aliphatic rings. The van der Waals surface area contributed by atoms with Crippen molar-refractivity contribution < 1.29 is 13.2 Å². The molecule has 3 aromatic heterocycles. The number of nitrogens with one attached hydrogen (secondary N) is 1. The number of ether oxygens (including phenoxy) is 1. The van der Waals surface area contributed by atoms with Crippen molar-refractivity contribution in [1.82, 2.24) is 24.5 Å². The van der Waals surface area contributed by atoms with E-state index in [-0.39, 0.29) is 15.9 Å². The molecule has 1 aromatic carbocycles. The fraction of sp³-hybridized carbons (Fsp3) is 0.348. The van der Waals surface area contributed by atoms with Gasteiger partial charge in [0.05, 0.1) is 35.4 Å². The maximum atomic E-state index is 13.1. The van der Waals surface area contributed by atoms with Crippen LogP contribution in [0.1, 0.15) is 32.3 Å². The van der Waals surface area contributed by atoms with Crippen molar-refractivity contribution in [3.8, 4) is 5.82 Å². The van der Waals surface area contributed by atoms with Crippen LogP contribution in [0.2, 0.25) is 0 Å². The Morgan fingerprint density at radius 3 is 2.64 bits per heavy atom. The lowest BCUT2D eigenvalue weighted by Crippen LogP contribution is -2.47. The quantitative estimate of drug-likeness (QED) is 0.465. The van der Waals surface area contributed by atoms with Gasteiger partial charge in [0.2, 0.25) is 0 Å². The van der Waals surface area contributed by atoms with Gasteiger partial charge in [-0.25, -0.2) is 18.1 Å². The Bertz CT molecular complexity index is 1450. The number of fused-ring (bicyclic) bond motifs is 1. The van der Waals surface area contributed by atoms with E-state index < -0.39 is 10.0 Å². The van der Waals surface area contributed by atoms with E-state index in [1.54, 1.807) is 43.4 Å². The summed E-state index contributed by atoms with van der Waals surface area (Å²) in [6, 6.07) is 9.23. The third kappa shape index (κ3) is 3.68. The third-order valence-corrected chi connectivity index (χ3v) is 7.62. The van der Waals surface area contributed by atoms with E-state index in [4.69, 9.17) is 4.74 Å². The standard InChI is InChI=1S/C23H26N6O3S/c1-22(2)14-23(15-22,32-4)17-8-9-24-20(10-17)29-13-18(12-26-29)33(30,31)27-19-7-5-6-16-11-25-28(3)21(16)19/h5-13,27H,14-15H2,1-4H3. The zero-order valence-corrected chi connectivity index (χ0v) is 19.8. The minimum Gasteiger partial charge on any atom is -0.373 e. The SMILES string of the molecule is COC1(c2ccnc(-n3cc(S(=O)(=O)Nc4cccc5cnn(C)c45)cn3)c2)CC(C)(C)C1. The van der Waals surface area contributed by atoms with Gasteiger partial charge in [-0.05, 0) is 42.0 Å². The lowest BCUT2D eigenvalue weighted by atomic mass is 9.59. The van der Waals surface area contributed by atoms with Gasteiger partial charge in [0.1, 0.15) is 4.90 Å². The van der Waals surface area contributed by atoms with Gasteiger partial charge in [0.15, 0.2) is 5.82 Å². The van der Waals surface area contributed by atoms with Crippen molar-refractivity contribution in [2.45, 2.75) is 37.2 Å². The molecule has 5 rings (SSSR count). The molecule has 0 saturated heterocycles. The van der Waals surface area contributed by atoms with Crippen molar-refractivity contribution in [3.05, 3.63) is 60.7 Å². The highest BCUT2D eigenvalue weighted by Crippen LogP contribution is 2.55. The van der Waals surface area contributed by atoms with Gasteiger partial charge in [0, 0.05) is 25.7 Å². The average molecular weight is 467 g/mol. The fourth-order valence-electron chi connectivity index (χ4n) is 4.88. The van der Waals surface area contributed by atoms with E-state index in [1.807, 2.05) is 18.2 Å². The number of para-hydroxylation sites is 1. The predicted molar refractivity (Wildman–Crippen MR) is 125 cm³/mol. The van der Waals surface area contributed by atoms with Crippen molar-refractivity contribution in [1.29, 1.82) is 0 Å². The summed E-state index contributed by atoms with van der Waals surface area (Å²) in [7, 11) is -0.370. The van der Waals surface area contributed by atoms with Gasteiger partial charge in [-0.1, -0.05) is 26.0 Å². The Morgan fingerprint density at radius 1 is 1.12 bits per heavy atom. The van der Waals surface area contributed by atoms with Gasteiger partial charge >= 0.3 is 0 Å². The normalized spacial score (nSPS) is 17.1. The first kappa shape index (κ1) is 21.6. The van der Waals surface area contributed by atoms with E-state index in [1.165, 1.54) is 17.1 Å². The second-order valence-corrected chi connectivity index (χ2v) is 11.0. The molecule has 0 aliphatic heterocycles. The number of benzene rings is 1. The van der Waals surface area contributed by atoms with Crippen LogP contribution in [0.15, 0.2) is 60.0 Å². The van der Waals surface area contributed by atoms with Crippen LogP contribution in [0.25, 0.3) is 16.7 Å². The summed E-state index contributed by atoms with van der Waals surface area (Å²) in [6.45, 7) is 4.44. The number of nitrogens with zero attached hydrogens (tertiary/aromatic N) is 5. The zero-order chi connectivity index (χ0) is 23.4. The Hall–Kier alpha value is -3.24. The minimum atomic E-state index is -3.87. The largest absolute Gasteiger partial charge is 0.373 e. The van der Waals surface area contributed by atoms with E-state index in [0.717, 1.165) is 23.8 Å². The Morgan fingerprint density at radius 2 is 1.91 bits per heavy atom. The fourth-order valence-corrected chi connectivity index (χ4v) is 5.87. The number of sulfonamides is 1. The van der Waals surface area contributed by atoms with Crippen LogP contribution < -0.4 is 4.72 Å². The van der Waals surface area contributed by atoms with Crippen LogP contribution in [-0.4, -0.2) is 40.1 Å². The highest BCUT2D eigenvalue weighted by Gasteiger charge is 2.50. The molecule has 172 valence electrons. The van der Waals surface area contributed by atoms with Gasteiger partial charge in [-0.2, -0.15) is 10.2 Å². The number of aryl methyl sites for hydroxylation is 1. The minimum absolute atomic E-state index is 0.0418. The summed E-state index contributed by atoms with van der Waals surface area (Å²) in [5, 5.41) is 9.32. The number of hydrogen-bond donors (Lipinski definition) is 1. The molecule has 33 heavy (non-hydrogen) atoms. The van der Waals surface area contributed by atoms with E-state index in [2.05, 4.69) is 33.8 Å². The topological polar surface area (TPSA) is 104 Å². The monoisotopic (exact) mass is 466 g/mol. The van der Waals surface area contributed by atoms with Crippen LogP contribution in [0.3, 0.4) is 0 Å². The number of aromatic nitrogens is 5. The van der Waals surface area contributed by atoms with Gasteiger partial charge < -0.3 is 4.74 Å². The molecular formula is C23H26N6O3S. The summed E-state index contributed by atoms with van der Waals surface area (Å²) in [5.74, 6) is 0.531. The Labute approximate surface area is 192 Å². The van der Waals surface area contributed by atoms with Crippen LogP contribution in [0, 0.1) is 5.41 Å². The molecule has 0 radical (unpaired) electrons. The van der Waals surface area contributed by atoms with Crippen molar-refractivity contribution in [3.63, 3.8) is 0 Å². The molecule has 3 heterocycles. The number of hydrogen-bond acceptors (Lipinski definition) is 6. The van der Waals surface area contributed by atoms with Crippen LogP contribution in [0.4, 0.5) is 5.69 Å². The van der Waals surface area contributed by atoms with Gasteiger partial charge in [0.25, 0.3) is 10.0 Å². The number of pyridine rings is 1. The molecule has 1 fully saturated rings. The smallest absolute Gasteiger partial charge is 0.265 e. The molecule has 1 aliphatic carbocycles. The molecule has 1 N–H and O–H groups in total. The van der Waals surface area contributed by atoms with Crippen LogP contribution >= 0.6 is 0 Å². The molecule has 10 heteroatoms.